The summed E-state index contributed by atoms with van der Waals surface area (Å²) in [5, 5.41) is 13.0. The number of hydrogen-bond acceptors (Lipinski definition) is 4. The number of benzene rings is 1. The largest absolute Gasteiger partial charge is 0.478 e. The van der Waals surface area contributed by atoms with Crippen LogP contribution < -0.4 is 10.1 Å². The average molecular weight is 344 g/mol. The van der Waals surface area contributed by atoms with Crippen LogP contribution in [0.15, 0.2) is 42.7 Å². The van der Waals surface area contributed by atoms with Gasteiger partial charge in [-0.3, -0.25) is 4.68 Å². The number of aryl methyl sites for hydroxylation is 1. The second kappa shape index (κ2) is 6.57. The topological polar surface area (TPSA) is 56.9 Å². The zero-order valence-corrected chi connectivity index (χ0v) is 13.9. The van der Waals surface area contributed by atoms with Crippen molar-refractivity contribution in [3.63, 3.8) is 0 Å². The molecule has 3 heterocycles. The van der Waals surface area contributed by atoms with E-state index in [9.17, 15) is 0 Å². The maximum Gasteiger partial charge on any atom is 0.212 e. The molecule has 0 aliphatic carbocycles. The molecular weight excluding hydrogens is 326 g/mol. The number of rotatable bonds is 5. The first-order chi connectivity index (χ1) is 11.8. The van der Waals surface area contributed by atoms with Gasteiger partial charge < -0.3 is 10.1 Å². The first-order valence-electron chi connectivity index (χ1n) is 7.96. The number of halogens is 1. The Balaban J connectivity index is 1.36. The van der Waals surface area contributed by atoms with Crippen molar-refractivity contribution in [2.24, 2.45) is 0 Å². The van der Waals surface area contributed by atoms with Gasteiger partial charge in [-0.25, -0.2) is 4.68 Å². The van der Waals surface area contributed by atoms with E-state index in [2.05, 4.69) is 15.5 Å². The summed E-state index contributed by atoms with van der Waals surface area (Å²) in [5.41, 5.74) is 3.10. The van der Waals surface area contributed by atoms with Crippen LogP contribution in [0.5, 0.6) is 5.88 Å². The highest BCUT2D eigenvalue weighted by Crippen LogP contribution is 2.19. The monoisotopic (exact) mass is 343 g/mol. The Morgan fingerprint density at radius 1 is 1.25 bits per heavy atom. The van der Waals surface area contributed by atoms with Crippen LogP contribution >= 0.6 is 11.6 Å². The van der Waals surface area contributed by atoms with Crippen LogP contribution in [-0.4, -0.2) is 26.2 Å². The van der Waals surface area contributed by atoms with Gasteiger partial charge in [0, 0.05) is 30.3 Å². The Morgan fingerprint density at radius 2 is 2.12 bits per heavy atom. The lowest BCUT2D eigenvalue weighted by molar-refractivity contribution is 0.230. The summed E-state index contributed by atoms with van der Waals surface area (Å²) < 4.78 is 9.40. The van der Waals surface area contributed by atoms with Crippen molar-refractivity contribution in [1.29, 1.82) is 0 Å². The van der Waals surface area contributed by atoms with Crippen LogP contribution in [0.1, 0.15) is 17.7 Å². The molecular formula is C17H18ClN5O. The summed E-state index contributed by atoms with van der Waals surface area (Å²) >= 11 is 5.91. The molecule has 0 saturated carbocycles. The smallest absolute Gasteiger partial charge is 0.212 e. The van der Waals surface area contributed by atoms with Crippen molar-refractivity contribution in [3.8, 4) is 5.88 Å². The number of ether oxygens (including phenoxy) is 1. The Labute approximate surface area is 145 Å². The van der Waals surface area contributed by atoms with Gasteiger partial charge in [0.15, 0.2) is 0 Å². The molecule has 0 atom stereocenters. The SMILES string of the molecule is Clc1ccc(Cn2cc(NCc3cc4n(n3)CCCO4)cn2)cc1. The van der Waals surface area contributed by atoms with Gasteiger partial charge in [0.05, 0.1) is 37.3 Å². The third kappa shape index (κ3) is 3.38. The number of nitrogens with one attached hydrogen (secondary N) is 1. The van der Waals surface area contributed by atoms with Gasteiger partial charge in [-0.15, -0.1) is 0 Å². The van der Waals surface area contributed by atoms with E-state index in [0.717, 1.165) is 47.4 Å². The Bertz CT molecular complexity index is 800. The second-order valence-electron chi connectivity index (χ2n) is 5.81. The standard InChI is InChI=1S/C17H18ClN5O/c18-14-4-2-13(3-5-14)11-22-12-16(10-20-22)19-9-15-8-17-23(21-15)6-1-7-24-17/h2-5,8,10,12,19H,1,6-7,9,11H2. The van der Waals surface area contributed by atoms with Gasteiger partial charge >= 0.3 is 0 Å². The summed E-state index contributed by atoms with van der Waals surface area (Å²) in [6.07, 6.45) is 4.82. The molecule has 0 unspecified atom stereocenters. The summed E-state index contributed by atoms with van der Waals surface area (Å²) in [7, 11) is 0. The molecule has 7 heteroatoms. The summed E-state index contributed by atoms with van der Waals surface area (Å²) in [4.78, 5) is 0. The lowest BCUT2D eigenvalue weighted by Crippen LogP contribution is -2.14. The van der Waals surface area contributed by atoms with E-state index in [1.807, 2.05) is 52.1 Å². The minimum atomic E-state index is 0.649. The molecule has 0 saturated heterocycles. The molecule has 1 N–H and O–H groups in total. The van der Waals surface area contributed by atoms with Crippen LogP contribution in [0.25, 0.3) is 0 Å². The number of fused-ring (bicyclic) bond motifs is 1. The first-order valence-corrected chi connectivity index (χ1v) is 8.34. The van der Waals surface area contributed by atoms with E-state index in [1.54, 1.807) is 0 Å². The molecule has 0 fully saturated rings. The fourth-order valence-electron chi connectivity index (χ4n) is 2.71. The van der Waals surface area contributed by atoms with E-state index in [0.29, 0.717) is 13.1 Å². The summed E-state index contributed by atoms with van der Waals surface area (Å²) in [5.74, 6) is 0.858. The van der Waals surface area contributed by atoms with Crippen molar-refractivity contribution in [2.45, 2.75) is 26.1 Å². The lowest BCUT2D eigenvalue weighted by atomic mass is 10.2. The molecule has 1 aliphatic rings. The van der Waals surface area contributed by atoms with E-state index in [-0.39, 0.29) is 0 Å². The van der Waals surface area contributed by atoms with Gasteiger partial charge in [0.1, 0.15) is 0 Å². The van der Waals surface area contributed by atoms with Crippen LogP contribution in [0.3, 0.4) is 0 Å². The Morgan fingerprint density at radius 3 is 2.96 bits per heavy atom. The van der Waals surface area contributed by atoms with E-state index in [1.165, 1.54) is 0 Å². The Kier molecular flexibility index (Phi) is 4.13. The van der Waals surface area contributed by atoms with Crippen molar-refractivity contribution in [1.82, 2.24) is 19.6 Å². The van der Waals surface area contributed by atoms with Crippen molar-refractivity contribution < 1.29 is 4.74 Å². The van der Waals surface area contributed by atoms with Gasteiger partial charge in [0.2, 0.25) is 5.88 Å². The van der Waals surface area contributed by atoms with Crippen LogP contribution in [0, 0.1) is 0 Å². The molecule has 124 valence electrons. The predicted octanol–water partition coefficient (Wildman–Crippen LogP) is 3.18. The fraction of sp³-hybridized carbons (Fsp3) is 0.294. The third-order valence-corrected chi connectivity index (χ3v) is 4.17. The minimum absolute atomic E-state index is 0.649. The van der Waals surface area contributed by atoms with Crippen LogP contribution in [-0.2, 0) is 19.6 Å². The molecule has 0 radical (unpaired) electrons. The molecule has 0 spiro atoms. The van der Waals surface area contributed by atoms with E-state index in [4.69, 9.17) is 16.3 Å². The quantitative estimate of drug-likeness (QED) is 0.773. The number of hydrogen-bond donors (Lipinski definition) is 1. The van der Waals surface area contributed by atoms with Crippen molar-refractivity contribution in [2.75, 3.05) is 11.9 Å². The summed E-state index contributed by atoms with van der Waals surface area (Å²) in [6.45, 7) is 3.06. The van der Waals surface area contributed by atoms with Crippen molar-refractivity contribution >= 4 is 17.3 Å². The molecule has 0 bridgehead atoms. The molecule has 6 nitrogen and oxygen atoms in total. The summed E-state index contributed by atoms with van der Waals surface area (Å²) in [6, 6.07) is 9.79. The van der Waals surface area contributed by atoms with Gasteiger partial charge in [0.25, 0.3) is 0 Å². The number of nitrogens with zero attached hydrogens (tertiary/aromatic N) is 4. The lowest BCUT2D eigenvalue weighted by Gasteiger charge is -2.13. The molecule has 4 rings (SSSR count). The highest BCUT2D eigenvalue weighted by molar-refractivity contribution is 6.30. The van der Waals surface area contributed by atoms with Crippen LogP contribution in [0.2, 0.25) is 5.02 Å². The van der Waals surface area contributed by atoms with Crippen molar-refractivity contribution in [3.05, 3.63) is 59.0 Å². The normalized spacial score (nSPS) is 13.4. The molecule has 1 aromatic carbocycles. The minimum Gasteiger partial charge on any atom is -0.478 e. The highest BCUT2D eigenvalue weighted by Gasteiger charge is 2.13. The van der Waals surface area contributed by atoms with Gasteiger partial charge in [-0.1, -0.05) is 23.7 Å². The average Bonchev–Trinajstić information content (AvgIpc) is 3.21. The predicted molar refractivity (Wildman–Crippen MR) is 92.4 cm³/mol. The molecule has 3 aromatic rings. The van der Waals surface area contributed by atoms with Gasteiger partial charge in [-0.05, 0) is 17.7 Å². The first kappa shape index (κ1) is 15.1. The van der Waals surface area contributed by atoms with E-state index < -0.39 is 0 Å². The molecule has 2 aromatic heterocycles. The fourth-order valence-corrected chi connectivity index (χ4v) is 2.84. The molecule has 1 aliphatic heterocycles. The molecule has 0 amide bonds. The van der Waals surface area contributed by atoms with E-state index >= 15 is 0 Å². The van der Waals surface area contributed by atoms with Gasteiger partial charge in [-0.2, -0.15) is 10.2 Å². The third-order valence-electron chi connectivity index (χ3n) is 3.92. The zero-order valence-electron chi connectivity index (χ0n) is 13.2. The van der Waals surface area contributed by atoms with Crippen LogP contribution in [0.4, 0.5) is 5.69 Å². The highest BCUT2D eigenvalue weighted by atomic mass is 35.5. The second-order valence-corrected chi connectivity index (χ2v) is 6.24. The number of aromatic nitrogens is 4. The maximum absolute atomic E-state index is 5.91. The Hall–Kier alpha value is -2.47. The number of anilines is 1. The maximum atomic E-state index is 5.91. The zero-order chi connectivity index (χ0) is 16.4. The molecule has 24 heavy (non-hydrogen) atoms.